The predicted molar refractivity (Wildman–Crippen MR) is 71.2 cm³/mol. The number of imidazole rings is 1. The van der Waals surface area contributed by atoms with E-state index >= 15 is 0 Å². The van der Waals surface area contributed by atoms with Crippen molar-refractivity contribution in [3.05, 3.63) is 36.2 Å². The minimum atomic E-state index is -0.125. The van der Waals surface area contributed by atoms with Gasteiger partial charge >= 0.3 is 0 Å². The Morgan fingerprint density at radius 1 is 1.47 bits per heavy atom. The van der Waals surface area contributed by atoms with Crippen molar-refractivity contribution in [2.24, 2.45) is 13.0 Å². The Bertz CT molecular complexity index is 557. The summed E-state index contributed by atoms with van der Waals surface area (Å²) in [5.41, 5.74) is 0.959. The zero-order chi connectivity index (χ0) is 13.8. The summed E-state index contributed by atoms with van der Waals surface area (Å²) < 4.78 is 3.68. The molecule has 2 rings (SSSR count). The minimum absolute atomic E-state index is 0.0103. The fraction of sp³-hybridized carbons (Fsp3) is 0.462. The molecule has 19 heavy (non-hydrogen) atoms. The Morgan fingerprint density at radius 2 is 2.26 bits per heavy atom. The fourth-order valence-corrected chi connectivity index (χ4v) is 1.84. The highest BCUT2D eigenvalue weighted by molar-refractivity contribution is 5.78. The molecule has 1 N–H and O–H groups in total. The van der Waals surface area contributed by atoms with Crippen molar-refractivity contribution in [1.29, 1.82) is 0 Å². The van der Waals surface area contributed by atoms with Crippen LogP contribution in [0.2, 0.25) is 0 Å². The third-order valence-electron chi connectivity index (χ3n) is 3.02. The summed E-state index contributed by atoms with van der Waals surface area (Å²) in [6.45, 7) is 4.86. The van der Waals surface area contributed by atoms with Crippen molar-refractivity contribution < 1.29 is 4.79 Å². The van der Waals surface area contributed by atoms with Gasteiger partial charge in [-0.1, -0.05) is 6.92 Å². The van der Waals surface area contributed by atoms with E-state index < -0.39 is 0 Å². The topological polar surface area (TPSA) is 64.7 Å². The molecule has 2 heterocycles. The standard InChI is InChI=1S/C13H19N5O/c1-10(9-18-6-4-11(2)16-18)13(19)15-8-12-14-5-7-17(12)3/h4-7,10H,8-9H2,1-3H3,(H,15,19)/t10-/m0/s1. The molecule has 0 fully saturated rings. The van der Waals surface area contributed by atoms with Gasteiger partial charge in [0.2, 0.25) is 5.91 Å². The number of hydrogen-bond acceptors (Lipinski definition) is 3. The third-order valence-corrected chi connectivity index (χ3v) is 3.02. The van der Waals surface area contributed by atoms with Gasteiger partial charge in [-0.3, -0.25) is 9.48 Å². The maximum atomic E-state index is 12.0. The van der Waals surface area contributed by atoms with Crippen LogP contribution in [-0.4, -0.2) is 25.2 Å². The molecule has 0 radical (unpaired) electrons. The number of carbonyl (C=O) groups is 1. The van der Waals surface area contributed by atoms with Crippen LogP contribution >= 0.6 is 0 Å². The van der Waals surface area contributed by atoms with E-state index in [4.69, 9.17) is 0 Å². The van der Waals surface area contributed by atoms with Gasteiger partial charge in [-0.15, -0.1) is 0 Å². The molecule has 0 aromatic carbocycles. The number of carbonyl (C=O) groups excluding carboxylic acids is 1. The van der Waals surface area contributed by atoms with Gasteiger partial charge in [0.15, 0.2) is 0 Å². The van der Waals surface area contributed by atoms with Crippen molar-refractivity contribution in [3.8, 4) is 0 Å². The number of nitrogens with one attached hydrogen (secondary N) is 1. The molecule has 102 valence electrons. The first kappa shape index (κ1) is 13.3. The second-order valence-electron chi connectivity index (χ2n) is 4.75. The summed E-state index contributed by atoms with van der Waals surface area (Å²) in [7, 11) is 1.91. The van der Waals surface area contributed by atoms with Crippen LogP contribution in [0, 0.1) is 12.8 Å². The van der Waals surface area contributed by atoms with Gasteiger partial charge in [0.05, 0.1) is 24.7 Å². The van der Waals surface area contributed by atoms with Gasteiger partial charge < -0.3 is 9.88 Å². The molecule has 0 saturated heterocycles. The second kappa shape index (κ2) is 5.69. The van der Waals surface area contributed by atoms with Gasteiger partial charge in [0.25, 0.3) is 0 Å². The number of amides is 1. The van der Waals surface area contributed by atoms with Crippen molar-refractivity contribution in [3.63, 3.8) is 0 Å². The SMILES string of the molecule is Cc1ccn(C[C@H](C)C(=O)NCc2nccn2C)n1. The summed E-state index contributed by atoms with van der Waals surface area (Å²) in [5, 5.41) is 7.17. The molecule has 1 atom stereocenters. The van der Waals surface area contributed by atoms with E-state index in [-0.39, 0.29) is 11.8 Å². The van der Waals surface area contributed by atoms with Crippen molar-refractivity contribution >= 4 is 5.91 Å². The predicted octanol–water partition coefficient (Wildman–Crippen LogP) is 0.878. The summed E-state index contributed by atoms with van der Waals surface area (Å²) in [6, 6.07) is 1.93. The summed E-state index contributed by atoms with van der Waals surface area (Å²) in [6.07, 6.45) is 5.47. The average Bonchev–Trinajstić information content (AvgIpc) is 2.95. The average molecular weight is 261 g/mol. The highest BCUT2D eigenvalue weighted by Gasteiger charge is 2.14. The monoisotopic (exact) mass is 261 g/mol. The zero-order valence-corrected chi connectivity index (χ0v) is 11.5. The summed E-state index contributed by atoms with van der Waals surface area (Å²) in [5.74, 6) is 0.728. The van der Waals surface area contributed by atoms with Gasteiger partial charge in [0, 0.05) is 25.6 Å². The number of aromatic nitrogens is 4. The van der Waals surface area contributed by atoms with Gasteiger partial charge in [-0.2, -0.15) is 5.10 Å². The maximum Gasteiger partial charge on any atom is 0.225 e. The molecular weight excluding hydrogens is 242 g/mol. The highest BCUT2D eigenvalue weighted by Crippen LogP contribution is 2.02. The first-order chi connectivity index (χ1) is 9.06. The fourth-order valence-electron chi connectivity index (χ4n) is 1.84. The molecule has 2 aromatic heterocycles. The third kappa shape index (κ3) is 3.43. The maximum absolute atomic E-state index is 12.0. The minimum Gasteiger partial charge on any atom is -0.349 e. The van der Waals surface area contributed by atoms with E-state index in [1.54, 1.807) is 10.9 Å². The lowest BCUT2D eigenvalue weighted by atomic mass is 10.1. The largest absolute Gasteiger partial charge is 0.349 e. The first-order valence-electron chi connectivity index (χ1n) is 6.30. The Labute approximate surface area is 112 Å². The number of aryl methyl sites for hydroxylation is 2. The van der Waals surface area contributed by atoms with Gasteiger partial charge in [-0.25, -0.2) is 4.98 Å². The van der Waals surface area contributed by atoms with Crippen LogP contribution in [0.5, 0.6) is 0 Å². The molecule has 0 aliphatic heterocycles. The second-order valence-corrected chi connectivity index (χ2v) is 4.75. The van der Waals surface area contributed by atoms with E-state index in [2.05, 4.69) is 15.4 Å². The lowest BCUT2D eigenvalue weighted by molar-refractivity contribution is -0.125. The number of hydrogen-bond donors (Lipinski definition) is 1. The Kier molecular flexibility index (Phi) is 3.99. The number of nitrogens with zero attached hydrogens (tertiary/aromatic N) is 4. The molecule has 0 saturated carbocycles. The first-order valence-corrected chi connectivity index (χ1v) is 6.30. The molecule has 1 amide bonds. The quantitative estimate of drug-likeness (QED) is 0.869. The Hall–Kier alpha value is -2.11. The van der Waals surface area contributed by atoms with Crippen LogP contribution in [0.1, 0.15) is 18.4 Å². The zero-order valence-electron chi connectivity index (χ0n) is 11.5. The molecule has 6 nitrogen and oxygen atoms in total. The van der Waals surface area contributed by atoms with Gasteiger partial charge in [0.1, 0.15) is 5.82 Å². The molecule has 0 aliphatic rings. The van der Waals surface area contributed by atoms with Crippen molar-refractivity contribution in [1.82, 2.24) is 24.6 Å². The van der Waals surface area contributed by atoms with Gasteiger partial charge in [-0.05, 0) is 13.0 Å². The lowest BCUT2D eigenvalue weighted by Gasteiger charge is -2.12. The van der Waals surface area contributed by atoms with Crippen LogP contribution in [0.25, 0.3) is 0 Å². The molecule has 0 spiro atoms. The Balaban J connectivity index is 1.84. The van der Waals surface area contributed by atoms with Crippen molar-refractivity contribution in [2.45, 2.75) is 26.9 Å². The Morgan fingerprint density at radius 3 is 2.84 bits per heavy atom. The molecule has 0 bridgehead atoms. The van der Waals surface area contributed by atoms with E-state index in [1.165, 1.54) is 0 Å². The molecule has 2 aromatic rings. The van der Waals surface area contributed by atoms with E-state index in [1.807, 2.05) is 43.9 Å². The molecule has 6 heteroatoms. The normalized spacial score (nSPS) is 12.4. The van der Waals surface area contributed by atoms with Crippen molar-refractivity contribution in [2.75, 3.05) is 0 Å². The molecular formula is C13H19N5O. The summed E-state index contributed by atoms with van der Waals surface area (Å²) >= 11 is 0. The number of rotatable bonds is 5. The highest BCUT2D eigenvalue weighted by atomic mass is 16.1. The van der Waals surface area contributed by atoms with E-state index in [9.17, 15) is 4.79 Å². The van der Waals surface area contributed by atoms with Crippen LogP contribution < -0.4 is 5.32 Å². The summed E-state index contributed by atoms with van der Waals surface area (Å²) in [4.78, 5) is 16.1. The van der Waals surface area contributed by atoms with E-state index in [0.717, 1.165) is 11.5 Å². The van der Waals surface area contributed by atoms with Crippen LogP contribution in [0.15, 0.2) is 24.7 Å². The van der Waals surface area contributed by atoms with Crippen LogP contribution in [-0.2, 0) is 24.9 Å². The molecule has 0 unspecified atom stereocenters. The van der Waals surface area contributed by atoms with Crippen LogP contribution in [0.3, 0.4) is 0 Å². The lowest BCUT2D eigenvalue weighted by Crippen LogP contribution is -2.32. The van der Waals surface area contributed by atoms with Crippen LogP contribution in [0.4, 0.5) is 0 Å². The smallest absolute Gasteiger partial charge is 0.225 e. The molecule has 0 aliphatic carbocycles. The van der Waals surface area contributed by atoms with E-state index in [0.29, 0.717) is 13.1 Å².